The first-order valence-corrected chi connectivity index (χ1v) is 7.00. The van der Waals surface area contributed by atoms with Crippen molar-refractivity contribution in [3.05, 3.63) is 33.8 Å². The summed E-state index contributed by atoms with van der Waals surface area (Å²) in [5, 5.41) is 3.31. The summed E-state index contributed by atoms with van der Waals surface area (Å²) in [6.07, 6.45) is -0.865. The molecule has 0 saturated carbocycles. The van der Waals surface area contributed by atoms with Gasteiger partial charge in [0.15, 0.2) is 6.10 Å². The van der Waals surface area contributed by atoms with Crippen LogP contribution in [0.4, 0.5) is 0 Å². The summed E-state index contributed by atoms with van der Waals surface area (Å²) in [5.74, 6) is -0.611. The quantitative estimate of drug-likeness (QED) is 0.848. The van der Waals surface area contributed by atoms with Gasteiger partial charge >= 0.3 is 5.97 Å². The Kier molecular flexibility index (Phi) is 6.30. The molecule has 0 fully saturated rings. The number of carbonyl (C=O) groups excluding carboxylic acids is 2. The zero-order chi connectivity index (χ0) is 15.3. The van der Waals surface area contributed by atoms with Crippen LogP contribution in [-0.2, 0) is 9.53 Å². The molecule has 1 aromatic rings. The molecule has 1 aromatic carbocycles. The van der Waals surface area contributed by atoms with E-state index in [0.717, 1.165) is 0 Å². The van der Waals surface area contributed by atoms with Crippen LogP contribution in [0, 0.1) is 5.92 Å². The van der Waals surface area contributed by atoms with Gasteiger partial charge in [0.1, 0.15) is 0 Å². The minimum absolute atomic E-state index is 0.253. The highest BCUT2D eigenvalue weighted by Gasteiger charge is 2.19. The molecular weight excluding hydrogens is 301 g/mol. The molecule has 1 atom stereocenters. The van der Waals surface area contributed by atoms with E-state index in [-0.39, 0.29) is 16.5 Å². The molecule has 1 rings (SSSR count). The molecule has 0 heterocycles. The summed E-state index contributed by atoms with van der Waals surface area (Å²) >= 11 is 11.6. The Morgan fingerprint density at radius 2 is 1.85 bits per heavy atom. The Labute approximate surface area is 128 Å². The molecule has 0 aliphatic heterocycles. The van der Waals surface area contributed by atoms with Crippen LogP contribution in [0.5, 0.6) is 0 Å². The van der Waals surface area contributed by atoms with Gasteiger partial charge in [0.25, 0.3) is 5.91 Å². The standard InChI is InChI=1S/C14H17Cl2NO3/c1-8(2)7-17-13(18)9(3)20-14(19)10-4-5-11(15)12(16)6-10/h4-6,8-9H,7H2,1-3H3,(H,17,18)/t9-/m0/s1. The summed E-state index contributed by atoms with van der Waals surface area (Å²) in [7, 11) is 0. The fourth-order valence-corrected chi connectivity index (χ4v) is 1.65. The number of halogens is 2. The molecule has 4 nitrogen and oxygen atoms in total. The van der Waals surface area contributed by atoms with Crippen molar-refractivity contribution in [1.82, 2.24) is 5.32 Å². The minimum atomic E-state index is -0.865. The summed E-state index contributed by atoms with van der Waals surface area (Å²) in [4.78, 5) is 23.6. The number of hydrogen-bond acceptors (Lipinski definition) is 3. The third kappa shape index (κ3) is 5.02. The number of nitrogens with one attached hydrogen (secondary N) is 1. The van der Waals surface area contributed by atoms with Gasteiger partial charge in [-0.15, -0.1) is 0 Å². The van der Waals surface area contributed by atoms with E-state index >= 15 is 0 Å². The fraction of sp³-hybridized carbons (Fsp3) is 0.429. The first-order valence-electron chi connectivity index (χ1n) is 6.25. The van der Waals surface area contributed by atoms with Crippen LogP contribution in [0.25, 0.3) is 0 Å². The zero-order valence-corrected chi connectivity index (χ0v) is 13.1. The Morgan fingerprint density at radius 3 is 2.40 bits per heavy atom. The van der Waals surface area contributed by atoms with Gasteiger partial charge in [0.2, 0.25) is 0 Å². The highest BCUT2D eigenvalue weighted by atomic mass is 35.5. The highest BCUT2D eigenvalue weighted by molar-refractivity contribution is 6.42. The van der Waals surface area contributed by atoms with E-state index in [9.17, 15) is 9.59 Å². The topological polar surface area (TPSA) is 55.4 Å². The first-order chi connectivity index (χ1) is 9.31. The molecule has 110 valence electrons. The first kappa shape index (κ1) is 16.8. The minimum Gasteiger partial charge on any atom is -0.449 e. The van der Waals surface area contributed by atoms with Crippen molar-refractivity contribution in [3.63, 3.8) is 0 Å². The lowest BCUT2D eigenvalue weighted by molar-refractivity contribution is -0.129. The summed E-state index contributed by atoms with van der Waals surface area (Å²) in [5.41, 5.74) is 0.253. The van der Waals surface area contributed by atoms with Crippen molar-refractivity contribution in [3.8, 4) is 0 Å². The Hall–Kier alpha value is -1.26. The number of carbonyl (C=O) groups is 2. The molecule has 0 aliphatic carbocycles. The maximum atomic E-state index is 11.9. The van der Waals surface area contributed by atoms with Crippen LogP contribution in [0.1, 0.15) is 31.1 Å². The largest absolute Gasteiger partial charge is 0.449 e. The van der Waals surface area contributed by atoms with Gasteiger partial charge in [-0.3, -0.25) is 4.79 Å². The lowest BCUT2D eigenvalue weighted by Crippen LogP contribution is -2.37. The molecule has 0 aromatic heterocycles. The van der Waals surface area contributed by atoms with Crippen molar-refractivity contribution in [1.29, 1.82) is 0 Å². The molecule has 1 amide bonds. The maximum absolute atomic E-state index is 11.9. The number of benzene rings is 1. The van der Waals surface area contributed by atoms with E-state index in [1.54, 1.807) is 0 Å². The van der Waals surface area contributed by atoms with E-state index in [4.69, 9.17) is 27.9 Å². The second kappa shape index (κ2) is 7.50. The predicted octanol–water partition coefficient (Wildman–Crippen LogP) is 3.31. The highest BCUT2D eigenvalue weighted by Crippen LogP contribution is 2.23. The number of rotatable bonds is 5. The molecule has 0 bridgehead atoms. The molecule has 0 spiro atoms. The van der Waals surface area contributed by atoms with Crippen molar-refractivity contribution in [2.24, 2.45) is 5.92 Å². The molecular formula is C14H17Cl2NO3. The van der Waals surface area contributed by atoms with E-state index < -0.39 is 12.1 Å². The molecule has 1 N–H and O–H groups in total. The van der Waals surface area contributed by atoms with Gasteiger partial charge in [-0.1, -0.05) is 37.0 Å². The van der Waals surface area contributed by atoms with E-state index in [1.807, 2.05) is 13.8 Å². The van der Waals surface area contributed by atoms with E-state index in [1.165, 1.54) is 25.1 Å². The summed E-state index contributed by atoms with van der Waals surface area (Å²) < 4.78 is 5.07. The normalized spacial score (nSPS) is 12.1. The number of amides is 1. The van der Waals surface area contributed by atoms with Gasteiger partial charge in [-0.2, -0.15) is 0 Å². The van der Waals surface area contributed by atoms with Crippen molar-refractivity contribution >= 4 is 35.1 Å². The van der Waals surface area contributed by atoms with Gasteiger partial charge in [-0.25, -0.2) is 4.79 Å². The summed E-state index contributed by atoms with van der Waals surface area (Å²) in [6, 6.07) is 4.41. The SMILES string of the molecule is CC(C)CNC(=O)[C@H](C)OC(=O)c1ccc(Cl)c(Cl)c1. The summed E-state index contributed by atoms with van der Waals surface area (Å²) in [6.45, 7) is 6.01. The smallest absolute Gasteiger partial charge is 0.338 e. The monoisotopic (exact) mass is 317 g/mol. The average Bonchev–Trinajstić information content (AvgIpc) is 2.38. The van der Waals surface area contributed by atoms with Crippen molar-refractivity contribution < 1.29 is 14.3 Å². The second-order valence-electron chi connectivity index (χ2n) is 4.82. The Morgan fingerprint density at radius 1 is 1.20 bits per heavy atom. The molecule has 20 heavy (non-hydrogen) atoms. The van der Waals surface area contributed by atoms with Crippen LogP contribution < -0.4 is 5.32 Å². The van der Waals surface area contributed by atoms with Crippen LogP contribution in [-0.4, -0.2) is 24.5 Å². The van der Waals surface area contributed by atoms with Crippen LogP contribution in [0.3, 0.4) is 0 Å². The molecule has 6 heteroatoms. The fourth-order valence-electron chi connectivity index (χ4n) is 1.35. The van der Waals surface area contributed by atoms with E-state index in [2.05, 4.69) is 5.32 Å². The zero-order valence-electron chi connectivity index (χ0n) is 11.6. The Balaban J connectivity index is 2.60. The molecule has 0 aliphatic rings. The van der Waals surface area contributed by atoms with Crippen molar-refractivity contribution in [2.45, 2.75) is 26.9 Å². The van der Waals surface area contributed by atoms with Gasteiger partial charge < -0.3 is 10.1 Å². The van der Waals surface area contributed by atoms with Gasteiger partial charge in [0.05, 0.1) is 15.6 Å². The molecule has 0 unspecified atom stereocenters. The lowest BCUT2D eigenvalue weighted by Gasteiger charge is -2.14. The van der Waals surface area contributed by atoms with Crippen LogP contribution in [0.15, 0.2) is 18.2 Å². The lowest BCUT2D eigenvalue weighted by atomic mass is 10.2. The van der Waals surface area contributed by atoms with Crippen LogP contribution in [0.2, 0.25) is 10.0 Å². The number of hydrogen-bond donors (Lipinski definition) is 1. The Bertz CT molecular complexity index is 503. The predicted molar refractivity (Wildman–Crippen MR) is 79.2 cm³/mol. The number of esters is 1. The van der Waals surface area contributed by atoms with Gasteiger partial charge in [0, 0.05) is 6.54 Å². The second-order valence-corrected chi connectivity index (χ2v) is 5.63. The van der Waals surface area contributed by atoms with Crippen LogP contribution >= 0.6 is 23.2 Å². The third-order valence-electron chi connectivity index (χ3n) is 2.49. The van der Waals surface area contributed by atoms with Gasteiger partial charge in [-0.05, 0) is 31.0 Å². The molecule has 0 radical (unpaired) electrons. The number of ether oxygens (including phenoxy) is 1. The van der Waals surface area contributed by atoms with E-state index in [0.29, 0.717) is 17.5 Å². The molecule has 0 saturated heterocycles. The maximum Gasteiger partial charge on any atom is 0.338 e. The average molecular weight is 318 g/mol. The third-order valence-corrected chi connectivity index (χ3v) is 3.23. The van der Waals surface area contributed by atoms with Crippen molar-refractivity contribution in [2.75, 3.05) is 6.54 Å².